The Kier molecular flexibility index (Phi) is 8.45. The molecule has 5 heterocycles. The molecule has 2 aliphatic heterocycles. The Morgan fingerprint density at radius 1 is 0.979 bits per heavy atom. The zero-order chi connectivity index (χ0) is 32.7. The fraction of sp³-hybridized carbons (Fsp3) is 0.355. The van der Waals surface area contributed by atoms with Crippen molar-refractivity contribution in [1.29, 1.82) is 0 Å². The number of hydrogen-bond donors (Lipinski definition) is 0. The summed E-state index contributed by atoms with van der Waals surface area (Å²) in [6, 6.07) is 10.4. The van der Waals surface area contributed by atoms with Gasteiger partial charge in [-0.05, 0) is 36.8 Å². The van der Waals surface area contributed by atoms with E-state index in [0.29, 0.717) is 51.4 Å². The molecule has 246 valence electrons. The van der Waals surface area contributed by atoms with Crippen molar-refractivity contribution in [1.82, 2.24) is 29.6 Å². The van der Waals surface area contributed by atoms with Gasteiger partial charge in [-0.25, -0.2) is 13.8 Å². The van der Waals surface area contributed by atoms with Crippen molar-refractivity contribution in [2.75, 3.05) is 37.7 Å². The van der Waals surface area contributed by atoms with Crippen molar-refractivity contribution in [2.24, 2.45) is 0 Å². The van der Waals surface area contributed by atoms with Gasteiger partial charge in [0.2, 0.25) is 5.82 Å². The van der Waals surface area contributed by atoms with Gasteiger partial charge in [0.05, 0.1) is 36.4 Å². The lowest BCUT2D eigenvalue weighted by atomic mass is 10.2. The Bertz CT molecular complexity index is 1900. The lowest BCUT2D eigenvalue weighted by molar-refractivity contribution is -0.159. The Hall–Kier alpha value is -4.34. The van der Waals surface area contributed by atoms with Gasteiger partial charge in [-0.3, -0.25) is 9.88 Å². The quantitative estimate of drug-likeness (QED) is 0.171. The van der Waals surface area contributed by atoms with Crippen LogP contribution in [-0.4, -0.2) is 68.5 Å². The predicted molar refractivity (Wildman–Crippen MR) is 160 cm³/mol. The zero-order valence-electron chi connectivity index (χ0n) is 24.7. The molecule has 47 heavy (non-hydrogen) atoms. The van der Waals surface area contributed by atoms with Crippen LogP contribution in [-0.2, 0) is 30.6 Å². The van der Waals surface area contributed by atoms with E-state index in [9.17, 15) is 22.0 Å². The minimum Gasteiger partial charge on any atom is -0.486 e. The monoisotopic (exact) mass is 675 g/mol. The first-order valence-electron chi connectivity index (χ1n) is 14.8. The summed E-state index contributed by atoms with van der Waals surface area (Å²) in [7, 11) is 0. The number of nitrogens with zero attached hydrogens (tertiary/aromatic N) is 7. The summed E-state index contributed by atoms with van der Waals surface area (Å²) in [6.07, 6.45) is -2.27. The number of ether oxygens (including phenoxy) is 2. The lowest BCUT2D eigenvalue weighted by Gasteiger charge is -2.36. The van der Waals surface area contributed by atoms with Crippen LogP contribution in [0.2, 0.25) is 5.02 Å². The minimum atomic E-state index is -4.76. The summed E-state index contributed by atoms with van der Waals surface area (Å²) in [5.74, 6) is -2.01. The first kappa shape index (κ1) is 31.3. The molecule has 2 aromatic carbocycles. The van der Waals surface area contributed by atoms with Crippen LogP contribution in [0.1, 0.15) is 23.7 Å². The third-order valence-electron chi connectivity index (χ3n) is 8.21. The molecule has 3 aromatic heterocycles. The van der Waals surface area contributed by atoms with Gasteiger partial charge in [0.1, 0.15) is 23.9 Å². The Morgan fingerprint density at radius 3 is 2.49 bits per heavy atom. The van der Waals surface area contributed by atoms with E-state index in [2.05, 4.69) is 29.4 Å². The van der Waals surface area contributed by atoms with Crippen LogP contribution in [0.5, 0.6) is 5.75 Å². The molecule has 0 radical (unpaired) electrons. The second-order valence-electron chi connectivity index (χ2n) is 11.3. The second kappa shape index (κ2) is 12.7. The highest BCUT2D eigenvalue weighted by Crippen LogP contribution is 2.31. The average molecular weight is 676 g/mol. The van der Waals surface area contributed by atoms with E-state index in [-0.39, 0.29) is 40.6 Å². The van der Waals surface area contributed by atoms with Gasteiger partial charge in [0.15, 0.2) is 11.6 Å². The standard InChI is InChI=1S/C31H27ClF5N7O3/c32-19-2-1-18(23(34)11-19)17-46-27-12-20(3-4-22(27)33)43-8-6-42(7-9-43)16-28-39-24-13-25(29-40-30(47-41-29)31(35,36)37)38-14-26(24)44(28)15-21-5-10-45-21/h1-4,11-14,21H,5-10,15-17H2/t21-/m0/s1. The Balaban J connectivity index is 1.04. The molecule has 2 saturated heterocycles. The maximum absolute atomic E-state index is 14.6. The molecule has 16 heteroatoms. The third kappa shape index (κ3) is 6.73. The number of alkyl halides is 3. The maximum Gasteiger partial charge on any atom is 0.471 e. The number of halogens is 6. The van der Waals surface area contributed by atoms with Crippen LogP contribution in [0.4, 0.5) is 27.6 Å². The molecule has 0 unspecified atom stereocenters. The van der Waals surface area contributed by atoms with Crippen LogP contribution >= 0.6 is 11.6 Å². The SMILES string of the molecule is Fc1cc(Cl)ccc1COc1cc(N2CCN(Cc3nc4cc(-c5noc(C(F)(F)F)n5)ncc4n3C[C@@H]3CCO3)CC2)ccc1F. The van der Waals surface area contributed by atoms with Gasteiger partial charge in [0.25, 0.3) is 0 Å². The van der Waals surface area contributed by atoms with E-state index >= 15 is 0 Å². The summed E-state index contributed by atoms with van der Waals surface area (Å²) in [6.45, 7) is 4.26. The minimum absolute atomic E-state index is 0.0228. The van der Waals surface area contributed by atoms with Crippen molar-refractivity contribution >= 4 is 28.3 Å². The highest BCUT2D eigenvalue weighted by Gasteiger charge is 2.38. The first-order valence-corrected chi connectivity index (χ1v) is 15.2. The number of aromatic nitrogens is 5. The molecule has 7 rings (SSSR count). The lowest BCUT2D eigenvalue weighted by Crippen LogP contribution is -2.46. The zero-order valence-corrected chi connectivity index (χ0v) is 25.4. The van der Waals surface area contributed by atoms with E-state index in [1.54, 1.807) is 30.5 Å². The van der Waals surface area contributed by atoms with Gasteiger partial charge in [-0.2, -0.15) is 18.2 Å². The third-order valence-corrected chi connectivity index (χ3v) is 8.44. The van der Waals surface area contributed by atoms with Gasteiger partial charge >= 0.3 is 12.1 Å². The van der Waals surface area contributed by atoms with Crippen LogP contribution in [0.15, 0.2) is 53.2 Å². The molecular formula is C31H27ClF5N7O3. The fourth-order valence-corrected chi connectivity index (χ4v) is 5.71. The van der Waals surface area contributed by atoms with Gasteiger partial charge in [0, 0.05) is 55.1 Å². The molecule has 0 amide bonds. The van der Waals surface area contributed by atoms with Crippen molar-refractivity contribution < 1.29 is 35.9 Å². The van der Waals surface area contributed by atoms with E-state index in [1.807, 2.05) is 4.57 Å². The summed E-state index contributed by atoms with van der Waals surface area (Å²) >= 11 is 5.82. The Morgan fingerprint density at radius 2 is 1.79 bits per heavy atom. The first-order chi connectivity index (χ1) is 22.6. The normalized spacial score (nSPS) is 17.3. The van der Waals surface area contributed by atoms with E-state index in [0.717, 1.165) is 23.4 Å². The summed E-state index contributed by atoms with van der Waals surface area (Å²) in [5, 5.41) is 3.71. The maximum atomic E-state index is 14.6. The molecule has 0 aliphatic carbocycles. The van der Waals surface area contributed by atoms with Gasteiger partial charge in [-0.15, -0.1) is 0 Å². The predicted octanol–water partition coefficient (Wildman–Crippen LogP) is 6.12. The molecule has 10 nitrogen and oxygen atoms in total. The second-order valence-corrected chi connectivity index (χ2v) is 11.7. The topological polar surface area (TPSA) is 94.6 Å². The molecule has 1 atom stereocenters. The molecule has 5 aromatic rings. The largest absolute Gasteiger partial charge is 0.486 e. The van der Waals surface area contributed by atoms with Gasteiger partial charge < -0.3 is 23.5 Å². The number of piperazine rings is 1. The van der Waals surface area contributed by atoms with Crippen LogP contribution in [0.25, 0.3) is 22.6 Å². The number of pyridine rings is 1. The molecular weight excluding hydrogens is 649 g/mol. The van der Waals surface area contributed by atoms with Crippen LogP contribution in [0, 0.1) is 11.6 Å². The Labute approximate surface area is 269 Å². The summed E-state index contributed by atoms with van der Waals surface area (Å²) < 4.78 is 85.4. The average Bonchev–Trinajstić information content (AvgIpc) is 3.65. The summed E-state index contributed by atoms with van der Waals surface area (Å²) in [4.78, 5) is 16.9. The van der Waals surface area contributed by atoms with E-state index in [4.69, 9.17) is 26.1 Å². The molecule has 2 fully saturated rings. The van der Waals surface area contributed by atoms with Crippen molar-refractivity contribution in [3.63, 3.8) is 0 Å². The molecule has 0 spiro atoms. The number of rotatable bonds is 9. The number of fused-ring (bicyclic) bond motifs is 1. The van der Waals surface area contributed by atoms with Gasteiger partial charge in [-0.1, -0.05) is 22.8 Å². The van der Waals surface area contributed by atoms with Crippen molar-refractivity contribution in [3.05, 3.63) is 82.6 Å². The number of benzene rings is 2. The number of hydrogen-bond acceptors (Lipinski definition) is 9. The van der Waals surface area contributed by atoms with Crippen LogP contribution < -0.4 is 9.64 Å². The van der Waals surface area contributed by atoms with Crippen molar-refractivity contribution in [3.8, 4) is 17.3 Å². The molecule has 0 bridgehead atoms. The summed E-state index contributed by atoms with van der Waals surface area (Å²) in [5.41, 5.74) is 2.41. The van der Waals surface area contributed by atoms with E-state index in [1.165, 1.54) is 18.2 Å². The van der Waals surface area contributed by atoms with E-state index < -0.39 is 23.7 Å². The fourth-order valence-electron chi connectivity index (χ4n) is 5.55. The number of anilines is 1. The smallest absolute Gasteiger partial charge is 0.471 e. The highest BCUT2D eigenvalue weighted by molar-refractivity contribution is 6.30. The van der Waals surface area contributed by atoms with Crippen molar-refractivity contribution in [2.45, 2.75) is 38.4 Å². The van der Waals surface area contributed by atoms with Crippen LogP contribution in [0.3, 0.4) is 0 Å². The molecule has 0 N–H and O–H groups in total. The molecule has 2 aliphatic rings. The highest BCUT2D eigenvalue weighted by atomic mass is 35.5. The molecule has 0 saturated carbocycles. The number of imidazole rings is 1.